The number of pyridine rings is 1. The highest BCUT2D eigenvalue weighted by molar-refractivity contribution is 9.08. The standard InChI is InChI=1S/C9H5BrF5NO3/c10-1-4-6(19-9(13,14)15)5(8(17)18)3(2-16-4)7(11)12/h2,7H,1H2,(H,17,18). The molecule has 0 atom stereocenters. The normalized spacial score (nSPS) is 11.7. The van der Waals surface area contributed by atoms with Crippen LogP contribution >= 0.6 is 15.9 Å². The highest BCUT2D eigenvalue weighted by atomic mass is 79.9. The van der Waals surface area contributed by atoms with Crippen molar-refractivity contribution in [3.8, 4) is 5.75 Å². The monoisotopic (exact) mass is 349 g/mol. The molecule has 19 heavy (non-hydrogen) atoms. The van der Waals surface area contributed by atoms with E-state index in [0.29, 0.717) is 6.20 Å². The molecule has 0 radical (unpaired) electrons. The van der Waals surface area contributed by atoms with E-state index in [4.69, 9.17) is 5.11 Å². The summed E-state index contributed by atoms with van der Waals surface area (Å²) in [5.41, 5.74) is -2.84. The van der Waals surface area contributed by atoms with Crippen LogP contribution in [0.1, 0.15) is 28.0 Å². The second kappa shape index (κ2) is 5.68. The van der Waals surface area contributed by atoms with E-state index >= 15 is 0 Å². The van der Waals surface area contributed by atoms with Crippen molar-refractivity contribution < 1.29 is 36.6 Å². The molecule has 0 saturated carbocycles. The molecule has 10 heteroatoms. The van der Waals surface area contributed by atoms with Crippen molar-refractivity contribution in [2.24, 2.45) is 0 Å². The van der Waals surface area contributed by atoms with Crippen molar-refractivity contribution in [2.75, 3.05) is 0 Å². The Hall–Kier alpha value is -1.45. The molecule has 0 aliphatic carbocycles. The highest BCUT2D eigenvalue weighted by Crippen LogP contribution is 2.35. The lowest BCUT2D eigenvalue weighted by molar-refractivity contribution is -0.275. The third kappa shape index (κ3) is 3.75. The number of aromatic carboxylic acids is 1. The van der Waals surface area contributed by atoms with Gasteiger partial charge < -0.3 is 9.84 Å². The smallest absolute Gasteiger partial charge is 0.478 e. The lowest BCUT2D eigenvalue weighted by atomic mass is 10.1. The van der Waals surface area contributed by atoms with Crippen LogP contribution in [0.15, 0.2) is 6.20 Å². The number of alkyl halides is 6. The topological polar surface area (TPSA) is 59.4 Å². The van der Waals surface area contributed by atoms with Crippen LogP contribution in [0.2, 0.25) is 0 Å². The molecule has 0 spiro atoms. The molecule has 1 aromatic heterocycles. The predicted molar refractivity (Wildman–Crippen MR) is 55.5 cm³/mol. The van der Waals surface area contributed by atoms with Gasteiger partial charge in [-0.05, 0) is 0 Å². The Bertz CT molecular complexity index is 491. The Morgan fingerprint density at radius 2 is 2.05 bits per heavy atom. The summed E-state index contributed by atoms with van der Waals surface area (Å²) in [6, 6.07) is 0. The van der Waals surface area contributed by atoms with Gasteiger partial charge in [0.1, 0.15) is 5.56 Å². The Balaban J connectivity index is 3.53. The van der Waals surface area contributed by atoms with Gasteiger partial charge in [-0.15, -0.1) is 13.2 Å². The molecule has 0 unspecified atom stereocenters. The molecule has 1 heterocycles. The van der Waals surface area contributed by atoms with Crippen LogP contribution in [0, 0.1) is 0 Å². The Kier molecular flexibility index (Phi) is 4.66. The minimum absolute atomic E-state index is 0.289. The third-order valence-corrected chi connectivity index (χ3v) is 2.46. The maximum atomic E-state index is 12.6. The Labute approximate surface area is 111 Å². The average molecular weight is 350 g/mol. The zero-order valence-corrected chi connectivity index (χ0v) is 10.4. The number of carboxylic acid groups (broad SMARTS) is 1. The number of nitrogens with zero attached hydrogens (tertiary/aromatic N) is 1. The summed E-state index contributed by atoms with van der Waals surface area (Å²) in [7, 11) is 0. The van der Waals surface area contributed by atoms with Crippen LogP contribution in [-0.4, -0.2) is 22.4 Å². The van der Waals surface area contributed by atoms with E-state index in [0.717, 1.165) is 0 Å². The van der Waals surface area contributed by atoms with Crippen molar-refractivity contribution in [2.45, 2.75) is 18.1 Å². The van der Waals surface area contributed by atoms with Gasteiger partial charge in [0.15, 0.2) is 5.75 Å². The first-order chi connectivity index (χ1) is 8.67. The van der Waals surface area contributed by atoms with Gasteiger partial charge in [0.2, 0.25) is 0 Å². The van der Waals surface area contributed by atoms with Crippen molar-refractivity contribution >= 4 is 21.9 Å². The van der Waals surface area contributed by atoms with Gasteiger partial charge in [0, 0.05) is 11.5 Å². The molecule has 4 nitrogen and oxygen atoms in total. The van der Waals surface area contributed by atoms with Gasteiger partial charge in [-0.2, -0.15) is 0 Å². The fraction of sp³-hybridized carbons (Fsp3) is 0.333. The summed E-state index contributed by atoms with van der Waals surface area (Å²) in [5.74, 6) is -3.20. The van der Waals surface area contributed by atoms with E-state index in [1.807, 2.05) is 0 Å². The van der Waals surface area contributed by atoms with Gasteiger partial charge in [0.25, 0.3) is 6.43 Å². The first-order valence-corrected chi connectivity index (χ1v) is 5.64. The Morgan fingerprint density at radius 1 is 1.47 bits per heavy atom. The summed E-state index contributed by atoms with van der Waals surface area (Å²) in [4.78, 5) is 14.2. The van der Waals surface area contributed by atoms with Crippen LogP contribution in [-0.2, 0) is 5.33 Å². The lowest BCUT2D eigenvalue weighted by Gasteiger charge is -2.16. The molecule has 0 aliphatic heterocycles. The number of carbonyl (C=O) groups is 1. The molecule has 0 aliphatic rings. The molecule has 0 saturated heterocycles. The summed E-state index contributed by atoms with van der Waals surface area (Å²) < 4.78 is 65.2. The van der Waals surface area contributed by atoms with Crippen LogP contribution in [0.5, 0.6) is 5.75 Å². The van der Waals surface area contributed by atoms with Crippen LogP contribution in [0.4, 0.5) is 22.0 Å². The number of halogens is 6. The fourth-order valence-electron chi connectivity index (χ4n) is 1.25. The number of hydrogen-bond donors (Lipinski definition) is 1. The molecule has 0 aromatic carbocycles. The summed E-state index contributed by atoms with van der Waals surface area (Å²) in [6.07, 6.45) is -8.00. The Morgan fingerprint density at radius 3 is 2.42 bits per heavy atom. The van der Waals surface area contributed by atoms with E-state index in [1.54, 1.807) is 0 Å². The van der Waals surface area contributed by atoms with E-state index in [9.17, 15) is 26.7 Å². The van der Waals surface area contributed by atoms with E-state index < -0.39 is 41.3 Å². The molecule has 0 bridgehead atoms. The zero-order valence-electron chi connectivity index (χ0n) is 8.84. The van der Waals surface area contributed by atoms with Gasteiger partial charge in [-0.1, -0.05) is 15.9 Å². The van der Waals surface area contributed by atoms with Crippen LogP contribution in [0.3, 0.4) is 0 Å². The molecule has 1 rings (SSSR count). The number of ether oxygens (including phenoxy) is 1. The minimum atomic E-state index is -5.22. The van der Waals surface area contributed by atoms with Gasteiger partial charge in [-0.25, -0.2) is 13.6 Å². The molecular formula is C9H5BrF5NO3. The molecule has 1 aromatic rings. The van der Waals surface area contributed by atoms with Gasteiger partial charge in [0.05, 0.1) is 11.3 Å². The van der Waals surface area contributed by atoms with Crippen molar-refractivity contribution in [3.05, 3.63) is 23.0 Å². The highest BCUT2D eigenvalue weighted by Gasteiger charge is 2.36. The lowest BCUT2D eigenvalue weighted by Crippen LogP contribution is -2.21. The van der Waals surface area contributed by atoms with E-state index in [-0.39, 0.29) is 5.33 Å². The maximum Gasteiger partial charge on any atom is 0.573 e. The number of hydrogen-bond acceptors (Lipinski definition) is 3. The second-order valence-corrected chi connectivity index (χ2v) is 3.71. The molecule has 106 valence electrons. The van der Waals surface area contributed by atoms with Crippen LogP contribution < -0.4 is 4.74 Å². The molecular weight excluding hydrogens is 345 g/mol. The van der Waals surface area contributed by atoms with E-state index in [2.05, 4.69) is 25.7 Å². The van der Waals surface area contributed by atoms with E-state index in [1.165, 1.54) is 0 Å². The van der Waals surface area contributed by atoms with Gasteiger partial charge in [-0.3, -0.25) is 4.98 Å². The summed E-state index contributed by atoms with van der Waals surface area (Å²) in [6.45, 7) is 0. The van der Waals surface area contributed by atoms with Crippen LogP contribution in [0.25, 0.3) is 0 Å². The minimum Gasteiger partial charge on any atom is -0.478 e. The first-order valence-electron chi connectivity index (χ1n) is 4.52. The number of aromatic nitrogens is 1. The molecule has 0 fully saturated rings. The fourth-order valence-corrected chi connectivity index (χ4v) is 1.65. The van der Waals surface area contributed by atoms with Crippen molar-refractivity contribution in [1.29, 1.82) is 0 Å². The van der Waals surface area contributed by atoms with Gasteiger partial charge >= 0.3 is 12.3 Å². The van der Waals surface area contributed by atoms with Crippen molar-refractivity contribution in [3.63, 3.8) is 0 Å². The maximum absolute atomic E-state index is 12.6. The quantitative estimate of drug-likeness (QED) is 0.667. The molecule has 0 amide bonds. The molecule has 1 N–H and O–H groups in total. The average Bonchev–Trinajstić information content (AvgIpc) is 2.25. The zero-order chi connectivity index (χ0) is 14.8. The summed E-state index contributed by atoms with van der Waals surface area (Å²) in [5, 5.41) is 8.50. The SMILES string of the molecule is O=C(O)c1c(C(F)F)cnc(CBr)c1OC(F)(F)F. The summed E-state index contributed by atoms with van der Waals surface area (Å²) >= 11 is 2.77. The van der Waals surface area contributed by atoms with Crippen molar-refractivity contribution in [1.82, 2.24) is 4.98 Å². The number of carboxylic acids is 1. The predicted octanol–water partition coefficient (Wildman–Crippen LogP) is 3.51. The number of rotatable bonds is 4. The second-order valence-electron chi connectivity index (χ2n) is 3.15. The first kappa shape index (κ1) is 15.6. The third-order valence-electron chi connectivity index (χ3n) is 1.93. The largest absolute Gasteiger partial charge is 0.573 e.